The monoisotopic (exact) mass is 194 g/mol. The average molecular weight is 194 g/mol. The molecule has 0 heterocycles. The fraction of sp³-hybridized carbons (Fsp3) is 1.00. The van der Waals surface area contributed by atoms with E-state index in [1.54, 1.807) is 6.92 Å². The zero-order valence-electron chi connectivity index (χ0n) is 8.00. The molecule has 0 saturated heterocycles. The van der Waals surface area contributed by atoms with Crippen molar-refractivity contribution >= 4 is 9.84 Å². The highest BCUT2D eigenvalue weighted by atomic mass is 32.2. The maximum absolute atomic E-state index is 10.7. The highest BCUT2D eigenvalue weighted by Gasteiger charge is 2.17. The fourth-order valence-corrected chi connectivity index (χ4v) is 1.56. The lowest BCUT2D eigenvalue weighted by Gasteiger charge is -2.20. The van der Waals surface area contributed by atoms with Crippen molar-refractivity contribution in [2.75, 3.05) is 12.0 Å². The minimum Gasteiger partial charge on any atom is -0.390 e. The molecule has 3 nitrogen and oxygen atoms in total. The van der Waals surface area contributed by atoms with E-state index < -0.39 is 15.4 Å². The van der Waals surface area contributed by atoms with Gasteiger partial charge in [-0.2, -0.15) is 0 Å². The van der Waals surface area contributed by atoms with E-state index in [9.17, 15) is 13.5 Å². The minimum absolute atomic E-state index is 0.170. The molecule has 74 valence electrons. The van der Waals surface area contributed by atoms with Gasteiger partial charge in [-0.3, -0.25) is 0 Å². The first-order valence-corrected chi connectivity index (χ1v) is 6.23. The lowest BCUT2D eigenvalue weighted by Crippen LogP contribution is -2.23. The molecule has 0 aliphatic heterocycles. The number of rotatable bonds is 5. The van der Waals surface area contributed by atoms with Gasteiger partial charge >= 0.3 is 0 Å². The molecule has 4 heteroatoms. The van der Waals surface area contributed by atoms with Crippen molar-refractivity contribution in [3.63, 3.8) is 0 Å². The molecule has 1 unspecified atom stereocenters. The molecule has 0 bridgehead atoms. The average Bonchev–Trinajstić information content (AvgIpc) is 1.84. The van der Waals surface area contributed by atoms with Gasteiger partial charge in [0.15, 0.2) is 0 Å². The molecule has 0 aliphatic carbocycles. The van der Waals surface area contributed by atoms with Crippen molar-refractivity contribution in [2.45, 2.75) is 38.7 Å². The van der Waals surface area contributed by atoms with E-state index in [1.165, 1.54) is 6.26 Å². The van der Waals surface area contributed by atoms with Crippen LogP contribution < -0.4 is 0 Å². The van der Waals surface area contributed by atoms with Crippen LogP contribution in [0.4, 0.5) is 0 Å². The molecule has 0 spiro atoms. The molecule has 1 N–H and O–H groups in total. The summed E-state index contributed by atoms with van der Waals surface area (Å²) in [7, 11) is -2.87. The molecule has 0 aromatic carbocycles. The van der Waals surface area contributed by atoms with Crippen LogP contribution in [-0.2, 0) is 9.84 Å². The van der Waals surface area contributed by atoms with Gasteiger partial charge in [0.25, 0.3) is 0 Å². The van der Waals surface area contributed by atoms with Crippen LogP contribution in [0.5, 0.6) is 0 Å². The van der Waals surface area contributed by atoms with Crippen LogP contribution in [0.1, 0.15) is 33.1 Å². The first-order chi connectivity index (χ1) is 5.27. The fourth-order valence-electron chi connectivity index (χ4n) is 0.892. The molecule has 0 aromatic rings. The molecule has 0 rings (SSSR count). The van der Waals surface area contributed by atoms with Crippen LogP contribution in [-0.4, -0.2) is 31.1 Å². The summed E-state index contributed by atoms with van der Waals surface area (Å²) in [6, 6.07) is 0. The Morgan fingerprint density at radius 1 is 1.42 bits per heavy atom. The second kappa shape index (κ2) is 4.23. The minimum atomic E-state index is -2.87. The van der Waals surface area contributed by atoms with E-state index in [1.807, 2.05) is 6.92 Å². The van der Waals surface area contributed by atoms with Crippen LogP contribution in [0.25, 0.3) is 0 Å². The van der Waals surface area contributed by atoms with E-state index in [2.05, 4.69) is 0 Å². The second-order valence-electron chi connectivity index (χ2n) is 3.58. The largest absolute Gasteiger partial charge is 0.390 e. The first-order valence-electron chi connectivity index (χ1n) is 4.17. The molecule has 0 fully saturated rings. The normalized spacial score (nSPS) is 17.3. The number of hydrogen-bond acceptors (Lipinski definition) is 3. The Morgan fingerprint density at radius 2 is 1.92 bits per heavy atom. The summed E-state index contributed by atoms with van der Waals surface area (Å²) < 4.78 is 21.4. The van der Waals surface area contributed by atoms with Crippen molar-refractivity contribution in [3.8, 4) is 0 Å². The van der Waals surface area contributed by atoms with Gasteiger partial charge in [0.2, 0.25) is 0 Å². The van der Waals surface area contributed by atoms with Gasteiger partial charge in [-0.25, -0.2) is 8.42 Å². The standard InChI is InChI=1S/C8H18O3S/c1-4-8(2,9)6-5-7-12(3,10)11/h9H,4-7H2,1-3H3. The van der Waals surface area contributed by atoms with E-state index >= 15 is 0 Å². The number of hydrogen-bond donors (Lipinski definition) is 1. The summed E-state index contributed by atoms with van der Waals surface area (Å²) in [6.45, 7) is 3.62. The smallest absolute Gasteiger partial charge is 0.147 e. The number of sulfone groups is 1. The molecule has 1 atom stereocenters. The van der Waals surface area contributed by atoms with Crippen LogP contribution >= 0.6 is 0 Å². The van der Waals surface area contributed by atoms with Gasteiger partial charge in [-0.15, -0.1) is 0 Å². The Bertz CT molecular complexity index is 216. The zero-order chi connectivity index (χ0) is 9.83. The third-order valence-corrected chi connectivity index (χ3v) is 3.02. The molecule has 0 amide bonds. The van der Waals surface area contributed by atoms with Crippen LogP contribution in [0.2, 0.25) is 0 Å². The summed E-state index contributed by atoms with van der Waals surface area (Å²) in [5.74, 6) is 0.170. The van der Waals surface area contributed by atoms with Crippen molar-refractivity contribution in [3.05, 3.63) is 0 Å². The second-order valence-corrected chi connectivity index (χ2v) is 5.84. The molecular weight excluding hydrogens is 176 g/mol. The summed E-state index contributed by atoms with van der Waals surface area (Å²) in [4.78, 5) is 0. The van der Waals surface area contributed by atoms with E-state index in [4.69, 9.17) is 0 Å². The van der Waals surface area contributed by atoms with Crippen LogP contribution in [0, 0.1) is 0 Å². The summed E-state index contributed by atoms with van der Waals surface area (Å²) in [6.07, 6.45) is 2.97. The van der Waals surface area contributed by atoms with Crippen molar-refractivity contribution in [1.82, 2.24) is 0 Å². The third kappa shape index (κ3) is 6.61. The maximum atomic E-state index is 10.7. The Labute approximate surface area is 74.7 Å². The zero-order valence-corrected chi connectivity index (χ0v) is 8.82. The van der Waals surface area contributed by atoms with Crippen LogP contribution in [0.3, 0.4) is 0 Å². The lowest BCUT2D eigenvalue weighted by molar-refractivity contribution is 0.0465. The van der Waals surface area contributed by atoms with Crippen molar-refractivity contribution in [1.29, 1.82) is 0 Å². The van der Waals surface area contributed by atoms with Gasteiger partial charge in [-0.1, -0.05) is 6.92 Å². The lowest BCUT2D eigenvalue weighted by atomic mass is 9.98. The molecule has 0 aromatic heterocycles. The van der Waals surface area contributed by atoms with E-state index in [0.29, 0.717) is 19.3 Å². The Balaban J connectivity index is 3.72. The van der Waals surface area contributed by atoms with Gasteiger partial charge < -0.3 is 5.11 Å². The van der Waals surface area contributed by atoms with E-state index in [0.717, 1.165) is 0 Å². The summed E-state index contributed by atoms with van der Waals surface area (Å²) >= 11 is 0. The highest BCUT2D eigenvalue weighted by Crippen LogP contribution is 2.15. The molecule has 0 saturated carbocycles. The van der Waals surface area contributed by atoms with Gasteiger partial charge in [-0.05, 0) is 26.2 Å². The topological polar surface area (TPSA) is 54.4 Å². The summed E-state index contributed by atoms with van der Waals surface area (Å²) in [5.41, 5.74) is -0.704. The summed E-state index contributed by atoms with van der Waals surface area (Å²) in [5, 5.41) is 9.53. The molecule has 0 radical (unpaired) electrons. The SMILES string of the molecule is CCC(C)(O)CCCS(C)(=O)=O. The Kier molecular flexibility index (Phi) is 4.20. The van der Waals surface area contributed by atoms with E-state index in [-0.39, 0.29) is 5.75 Å². The third-order valence-electron chi connectivity index (χ3n) is 1.99. The van der Waals surface area contributed by atoms with Gasteiger partial charge in [0, 0.05) is 12.0 Å². The quantitative estimate of drug-likeness (QED) is 0.709. The van der Waals surface area contributed by atoms with Crippen molar-refractivity contribution in [2.24, 2.45) is 0 Å². The Morgan fingerprint density at radius 3 is 2.25 bits per heavy atom. The van der Waals surface area contributed by atoms with Crippen molar-refractivity contribution < 1.29 is 13.5 Å². The van der Waals surface area contributed by atoms with Crippen LogP contribution in [0.15, 0.2) is 0 Å². The van der Waals surface area contributed by atoms with Gasteiger partial charge in [0.05, 0.1) is 5.60 Å². The molecule has 0 aliphatic rings. The predicted octanol–water partition coefficient (Wildman–Crippen LogP) is 0.972. The highest BCUT2D eigenvalue weighted by molar-refractivity contribution is 7.90. The molecule has 12 heavy (non-hydrogen) atoms. The first kappa shape index (κ1) is 11.9. The molecular formula is C8H18O3S. The maximum Gasteiger partial charge on any atom is 0.147 e. The predicted molar refractivity (Wildman–Crippen MR) is 49.9 cm³/mol. The van der Waals surface area contributed by atoms with Gasteiger partial charge in [0.1, 0.15) is 9.84 Å². The number of aliphatic hydroxyl groups is 1. The Hall–Kier alpha value is -0.0900.